The Morgan fingerprint density at radius 3 is 2.70 bits per heavy atom. The Balaban J connectivity index is 2.14. The largest absolute Gasteiger partial charge is 0.478 e. The molecule has 0 saturated heterocycles. The van der Waals surface area contributed by atoms with Gasteiger partial charge in [-0.05, 0) is 36.9 Å². The van der Waals surface area contributed by atoms with Crippen molar-refractivity contribution in [3.63, 3.8) is 0 Å². The minimum atomic E-state index is -0.863. The zero-order valence-corrected chi connectivity index (χ0v) is 12.4. The van der Waals surface area contributed by atoms with E-state index in [1.807, 2.05) is 12.1 Å². The van der Waals surface area contributed by atoms with Gasteiger partial charge in [0, 0.05) is 13.2 Å². The Morgan fingerprint density at radius 1 is 1.25 bits per heavy atom. The van der Waals surface area contributed by atoms with E-state index in [9.17, 15) is 4.79 Å². The average Bonchev–Trinajstić information content (AvgIpc) is 2.41. The van der Waals surface area contributed by atoms with Crippen molar-refractivity contribution in [1.82, 2.24) is 5.32 Å². The quantitative estimate of drug-likeness (QED) is 0.646. The molecule has 1 aromatic carbocycles. The molecule has 0 aliphatic heterocycles. The third-order valence-corrected chi connectivity index (χ3v) is 3.08. The normalized spacial score (nSPS) is 10.9. The van der Waals surface area contributed by atoms with Crippen molar-refractivity contribution >= 4 is 5.97 Å². The van der Waals surface area contributed by atoms with Crippen molar-refractivity contribution in [1.29, 1.82) is 0 Å². The van der Waals surface area contributed by atoms with E-state index >= 15 is 0 Å². The lowest BCUT2D eigenvalue weighted by Crippen LogP contribution is -2.23. The minimum absolute atomic E-state index is 0.391. The highest BCUT2D eigenvalue weighted by atomic mass is 16.5. The minimum Gasteiger partial charge on any atom is -0.478 e. The van der Waals surface area contributed by atoms with Crippen LogP contribution in [-0.2, 0) is 11.2 Å². The third kappa shape index (κ3) is 6.68. The molecule has 0 amide bonds. The van der Waals surface area contributed by atoms with Crippen molar-refractivity contribution in [2.45, 2.75) is 26.7 Å². The summed E-state index contributed by atoms with van der Waals surface area (Å²) >= 11 is 0. The van der Waals surface area contributed by atoms with Gasteiger partial charge in [0.1, 0.15) is 0 Å². The maximum Gasteiger partial charge on any atom is 0.335 e. The smallest absolute Gasteiger partial charge is 0.335 e. The van der Waals surface area contributed by atoms with E-state index in [0.717, 1.165) is 31.7 Å². The summed E-state index contributed by atoms with van der Waals surface area (Å²) in [7, 11) is 0. The number of rotatable bonds is 10. The van der Waals surface area contributed by atoms with Crippen molar-refractivity contribution in [3.8, 4) is 0 Å². The molecular weight excluding hydrogens is 254 g/mol. The summed E-state index contributed by atoms with van der Waals surface area (Å²) in [5.41, 5.74) is 1.26. The first-order chi connectivity index (χ1) is 9.61. The predicted molar refractivity (Wildman–Crippen MR) is 80.2 cm³/mol. The first-order valence-electron chi connectivity index (χ1n) is 7.21. The molecule has 0 atom stereocenters. The first-order valence-corrected chi connectivity index (χ1v) is 7.21. The second-order valence-corrected chi connectivity index (χ2v) is 5.26. The number of nitrogens with one attached hydrogen (secondary N) is 1. The lowest BCUT2D eigenvalue weighted by atomic mass is 10.0. The monoisotopic (exact) mass is 279 g/mol. The Labute approximate surface area is 121 Å². The molecule has 112 valence electrons. The summed E-state index contributed by atoms with van der Waals surface area (Å²) in [4.78, 5) is 11.0. The van der Waals surface area contributed by atoms with Gasteiger partial charge >= 0.3 is 5.97 Å². The first kappa shape index (κ1) is 16.7. The Hall–Kier alpha value is -1.39. The standard InChI is InChI=1S/C16H25NO3/c1-13(2)8-11-20-12-10-17-9-7-14-5-3-4-6-15(14)16(18)19/h3-6,13,17H,7-12H2,1-2H3,(H,18,19). The topological polar surface area (TPSA) is 58.6 Å². The van der Waals surface area contributed by atoms with Crippen molar-refractivity contribution < 1.29 is 14.6 Å². The molecule has 0 spiro atoms. The number of aromatic carboxylic acids is 1. The van der Waals surface area contributed by atoms with Crippen molar-refractivity contribution in [3.05, 3.63) is 35.4 Å². The fourth-order valence-electron chi connectivity index (χ4n) is 1.86. The molecular formula is C16H25NO3. The second-order valence-electron chi connectivity index (χ2n) is 5.26. The SMILES string of the molecule is CC(C)CCOCCNCCc1ccccc1C(=O)O. The van der Waals surface area contributed by atoms with Gasteiger partial charge in [0.25, 0.3) is 0 Å². The molecule has 0 saturated carbocycles. The molecule has 0 aliphatic carbocycles. The Kier molecular flexibility index (Phi) is 7.92. The average molecular weight is 279 g/mol. The number of hydrogen-bond donors (Lipinski definition) is 2. The molecule has 4 heteroatoms. The highest BCUT2D eigenvalue weighted by molar-refractivity contribution is 5.89. The van der Waals surface area contributed by atoms with E-state index in [0.29, 0.717) is 24.5 Å². The molecule has 4 nitrogen and oxygen atoms in total. The van der Waals surface area contributed by atoms with Gasteiger partial charge in [-0.1, -0.05) is 32.0 Å². The van der Waals surface area contributed by atoms with E-state index in [-0.39, 0.29) is 0 Å². The summed E-state index contributed by atoms with van der Waals surface area (Å²) in [6.07, 6.45) is 1.81. The number of hydrogen-bond acceptors (Lipinski definition) is 3. The van der Waals surface area contributed by atoms with Crippen LogP contribution in [0.3, 0.4) is 0 Å². The summed E-state index contributed by atoms with van der Waals surface area (Å²) < 4.78 is 5.50. The molecule has 0 fully saturated rings. The van der Waals surface area contributed by atoms with Crippen LogP contribution in [0, 0.1) is 5.92 Å². The zero-order chi connectivity index (χ0) is 14.8. The highest BCUT2D eigenvalue weighted by Gasteiger charge is 2.07. The predicted octanol–water partition coefficient (Wildman–Crippen LogP) is 2.58. The molecule has 0 heterocycles. The van der Waals surface area contributed by atoms with Gasteiger partial charge in [-0.3, -0.25) is 0 Å². The third-order valence-electron chi connectivity index (χ3n) is 3.08. The molecule has 20 heavy (non-hydrogen) atoms. The van der Waals surface area contributed by atoms with Gasteiger partial charge < -0.3 is 15.2 Å². The van der Waals surface area contributed by atoms with Gasteiger partial charge in [0.05, 0.1) is 12.2 Å². The van der Waals surface area contributed by atoms with Crippen LogP contribution in [0.25, 0.3) is 0 Å². The van der Waals surface area contributed by atoms with Crippen LogP contribution < -0.4 is 5.32 Å². The Morgan fingerprint density at radius 2 is 2.00 bits per heavy atom. The summed E-state index contributed by atoms with van der Waals surface area (Å²) in [6.45, 7) is 7.43. The summed E-state index contributed by atoms with van der Waals surface area (Å²) in [5.74, 6) is -0.187. The summed E-state index contributed by atoms with van der Waals surface area (Å²) in [5, 5.41) is 12.3. The van der Waals surface area contributed by atoms with Crippen molar-refractivity contribution in [2.75, 3.05) is 26.3 Å². The summed E-state index contributed by atoms with van der Waals surface area (Å²) in [6, 6.07) is 7.14. The number of carbonyl (C=O) groups is 1. The lowest BCUT2D eigenvalue weighted by Gasteiger charge is -2.09. The van der Waals surface area contributed by atoms with Crippen LogP contribution in [0.5, 0.6) is 0 Å². The second kappa shape index (κ2) is 9.50. The van der Waals surface area contributed by atoms with Crippen LogP contribution in [-0.4, -0.2) is 37.4 Å². The fraction of sp³-hybridized carbons (Fsp3) is 0.562. The van der Waals surface area contributed by atoms with Crippen LogP contribution in [0.4, 0.5) is 0 Å². The van der Waals surface area contributed by atoms with E-state index in [1.54, 1.807) is 12.1 Å². The maximum absolute atomic E-state index is 11.0. The number of ether oxygens (including phenoxy) is 1. The van der Waals surface area contributed by atoms with Crippen LogP contribution in [0.1, 0.15) is 36.2 Å². The van der Waals surface area contributed by atoms with Gasteiger partial charge in [-0.25, -0.2) is 4.79 Å². The van der Waals surface area contributed by atoms with Crippen LogP contribution >= 0.6 is 0 Å². The van der Waals surface area contributed by atoms with E-state index < -0.39 is 5.97 Å². The molecule has 0 aromatic heterocycles. The molecule has 0 aliphatic rings. The highest BCUT2D eigenvalue weighted by Crippen LogP contribution is 2.08. The van der Waals surface area contributed by atoms with Gasteiger partial charge in [0.2, 0.25) is 0 Å². The van der Waals surface area contributed by atoms with E-state index in [1.165, 1.54) is 0 Å². The number of benzene rings is 1. The molecule has 0 unspecified atom stereocenters. The number of carboxylic acid groups (broad SMARTS) is 1. The van der Waals surface area contributed by atoms with Gasteiger partial charge in [-0.2, -0.15) is 0 Å². The molecule has 0 bridgehead atoms. The van der Waals surface area contributed by atoms with E-state index in [4.69, 9.17) is 9.84 Å². The maximum atomic E-state index is 11.0. The molecule has 2 N–H and O–H groups in total. The lowest BCUT2D eigenvalue weighted by molar-refractivity contribution is 0.0695. The van der Waals surface area contributed by atoms with Crippen LogP contribution in [0.15, 0.2) is 24.3 Å². The number of carboxylic acids is 1. The molecule has 0 radical (unpaired) electrons. The molecule has 1 rings (SSSR count). The Bertz CT molecular complexity index is 404. The molecule has 1 aromatic rings. The van der Waals surface area contributed by atoms with Crippen molar-refractivity contribution in [2.24, 2.45) is 5.92 Å². The van der Waals surface area contributed by atoms with E-state index in [2.05, 4.69) is 19.2 Å². The zero-order valence-electron chi connectivity index (χ0n) is 12.4. The van der Waals surface area contributed by atoms with Crippen LogP contribution in [0.2, 0.25) is 0 Å². The van der Waals surface area contributed by atoms with Gasteiger partial charge in [-0.15, -0.1) is 0 Å². The fourth-order valence-corrected chi connectivity index (χ4v) is 1.86. The van der Waals surface area contributed by atoms with Gasteiger partial charge in [0.15, 0.2) is 0 Å².